The van der Waals surface area contributed by atoms with E-state index < -0.39 is 0 Å². The largest absolute Gasteiger partial charge is 0.339 e. The van der Waals surface area contributed by atoms with Crippen molar-refractivity contribution in [2.75, 3.05) is 18.4 Å². The second-order valence-corrected chi connectivity index (χ2v) is 7.10. The number of hydrogen-bond acceptors (Lipinski definition) is 3. The summed E-state index contributed by atoms with van der Waals surface area (Å²) in [6, 6.07) is 18.4. The summed E-state index contributed by atoms with van der Waals surface area (Å²) >= 11 is 0. The molecular formula is C23H23N3O2. The van der Waals surface area contributed by atoms with E-state index in [0.29, 0.717) is 16.9 Å². The Labute approximate surface area is 164 Å². The van der Waals surface area contributed by atoms with Crippen LogP contribution in [0.2, 0.25) is 0 Å². The average Bonchev–Trinajstić information content (AvgIpc) is 3.03. The van der Waals surface area contributed by atoms with E-state index in [1.165, 1.54) is 0 Å². The molecule has 3 aromatic rings. The first-order valence-corrected chi connectivity index (χ1v) is 9.78. The van der Waals surface area contributed by atoms with Crippen LogP contribution in [0.1, 0.15) is 46.5 Å². The molecule has 0 radical (unpaired) electrons. The fraction of sp³-hybridized carbons (Fsp3) is 0.261. The highest BCUT2D eigenvalue weighted by molar-refractivity contribution is 6.08. The normalized spacial score (nSPS) is 14.5. The zero-order valence-corrected chi connectivity index (χ0v) is 15.7. The number of pyridine rings is 1. The summed E-state index contributed by atoms with van der Waals surface area (Å²) in [5.74, 6) is -0.342. The smallest absolute Gasteiger partial charge is 0.274 e. The van der Waals surface area contributed by atoms with Gasteiger partial charge < -0.3 is 10.2 Å². The Morgan fingerprint density at radius 3 is 2.36 bits per heavy atom. The van der Waals surface area contributed by atoms with Crippen molar-refractivity contribution in [3.63, 3.8) is 0 Å². The average molecular weight is 373 g/mol. The molecule has 4 rings (SSSR count). The van der Waals surface area contributed by atoms with Gasteiger partial charge in [-0.2, -0.15) is 0 Å². The standard InChI is InChI=1S/C23H23N3O2/c27-22(21-14-13-17-9-3-5-11-19(17)24-21)25-20-12-6-4-10-18(20)23(28)26-15-7-1-2-8-16-26/h3-6,9-14H,1-2,7-8,15-16H2,(H,25,27). The summed E-state index contributed by atoms with van der Waals surface area (Å²) in [5, 5.41) is 3.86. The molecule has 1 aliphatic heterocycles. The van der Waals surface area contributed by atoms with Gasteiger partial charge in [0.25, 0.3) is 11.8 Å². The number of rotatable bonds is 3. The SMILES string of the molecule is O=C(Nc1ccccc1C(=O)N1CCCCCC1)c1ccc2ccccc2n1. The van der Waals surface area contributed by atoms with E-state index in [0.717, 1.165) is 49.7 Å². The number of carbonyl (C=O) groups excluding carboxylic acids is 2. The van der Waals surface area contributed by atoms with E-state index in [-0.39, 0.29) is 11.8 Å². The van der Waals surface area contributed by atoms with Crippen LogP contribution in [0.3, 0.4) is 0 Å². The molecule has 0 unspecified atom stereocenters. The quantitative estimate of drug-likeness (QED) is 0.735. The van der Waals surface area contributed by atoms with Crippen molar-refractivity contribution in [1.82, 2.24) is 9.88 Å². The van der Waals surface area contributed by atoms with Crippen molar-refractivity contribution in [2.45, 2.75) is 25.7 Å². The van der Waals surface area contributed by atoms with Gasteiger partial charge in [-0.05, 0) is 37.1 Å². The summed E-state index contributed by atoms with van der Waals surface area (Å²) in [4.78, 5) is 32.1. The van der Waals surface area contributed by atoms with Gasteiger partial charge in [-0.15, -0.1) is 0 Å². The van der Waals surface area contributed by atoms with Gasteiger partial charge in [-0.3, -0.25) is 9.59 Å². The third-order valence-corrected chi connectivity index (χ3v) is 5.13. The predicted molar refractivity (Wildman–Crippen MR) is 111 cm³/mol. The number of likely N-dealkylation sites (tertiary alicyclic amines) is 1. The maximum atomic E-state index is 13.0. The zero-order valence-electron chi connectivity index (χ0n) is 15.7. The summed E-state index contributed by atoms with van der Waals surface area (Å²) in [5.41, 5.74) is 2.15. The molecule has 1 fully saturated rings. The van der Waals surface area contributed by atoms with E-state index in [1.807, 2.05) is 47.4 Å². The third-order valence-electron chi connectivity index (χ3n) is 5.13. The molecule has 2 heterocycles. The van der Waals surface area contributed by atoms with Crippen molar-refractivity contribution >= 4 is 28.4 Å². The first-order chi connectivity index (χ1) is 13.7. The van der Waals surface area contributed by atoms with Gasteiger partial charge in [0, 0.05) is 18.5 Å². The number of nitrogens with zero attached hydrogens (tertiary/aromatic N) is 2. The van der Waals surface area contributed by atoms with E-state index >= 15 is 0 Å². The number of aromatic nitrogens is 1. The number of fused-ring (bicyclic) bond motifs is 1. The van der Waals surface area contributed by atoms with Gasteiger partial charge in [0.05, 0.1) is 16.8 Å². The Morgan fingerprint density at radius 1 is 0.821 bits per heavy atom. The molecule has 0 bridgehead atoms. The predicted octanol–water partition coefficient (Wildman–Crippen LogP) is 4.50. The molecule has 0 atom stereocenters. The number of para-hydroxylation sites is 2. The highest BCUT2D eigenvalue weighted by Crippen LogP contribution is 2.21. The van der Waals surface area contributed by atoms with Crippen LogP contribution in [-0.2, 0) is 0 Å². The number of carbonyl (C=O) groups is 2. The summed E-state index contributed by atoms with van der Waals surface area (Å²) < 4.78 is 0. The number of hydrogen-bond donors (Lipinski definition) is 1. The highest BCUT2D eigenvalue weighted by Gasteiger charge is 2.21. The number of nitrogens with one attached hydrogen (secondary N) is 1. The summed E-state index contributed by atoms with van der Waals surface area (Å²) in [7, 11) is 0. The summed E-state index contributed by atoms with van der Waals surface area (Å²) in [6.07, 6.45) is 4.38. The highest BCUT2D eigenvalue weighted by atomic mass is 16.2. The van der Waals surface area contributed by atoms with E-state index in [4.69, 9.17) is 0 Å². The van der Waals surface area contributed by atoms with Crippen LogP contribution in [0.25, 0.3) is 10.9 Å². The van der Waals surface area contributed by atoms with E-state index in [2.05, 4.69) is 10.3 Å². The van der Waals surface area contributed by atoms with Crippen LogP contribution in [0, 0.1) is 0 Å². The van der Waals surface area contributed by atoms with Crippen LogP contribution in [0.4, 0.5) is 5.69 Å². The van der Waals surface area contributed by atoms with Crippen LogP contribution in [-0.4, -0.2) is 34.8 Å². The first kappa shape index (κ1) is 18.2. The molecule has 1 aliphatic rings. The number of amides is 2. The molecule has 0 saturated carbocycles. The molecular weight excluding hydrogens is 350 g/mol. The second-order valence-electron chi connectivity index (χ2n) is 7.10. The minimum absolute atomic E-state index is 0.0238. The van der Waals surface area contributed by atoms with Gasteiger partial charge >= 0.3 is 0 Å². The van der Waals surface area contributed by atoms with Gasteiger partial charge in [-0.25, -0.2) is 4.98 Å². The fourth-order valence-corrected chi connectivity index (χ4v) is 3.60. The molecule has 5 nitrogen and oxygen atoms in total. The lowest BCUT2D eigenvalue weighted by atomic mass is 10.1. The fourth-order valence-electron chi connectivity index (χ4n) is 3.60. The molecule has 2 aromatic carbocycles. The van der Waals surface area contributed by atoms with Crippen molar-refractivity contribution in [2.24, 2.45) is 0 Å². The monoisotopic (exact) mass is 373 g/mol. The third kappa shape index (κ3) is 3.88. The lowest BCUT2D eigenvalue weighted by Crippen LogP contribution is -2.32. The Hall–Kier alpha value is -3.21. The molecule has 5 heteroatoms. The van der Waals surface area contributed by atoms with Gasteiger partial charge in [0.2, 0.25) is 0 Å². The zero-order chi connectivity index (χ0) is 19.3. The maximum Gasteiger partial charge on any atom is 0.274 e. The van der Waals surface area contributed by atoms with Crippen molar-refractivity contribution in [1.29, 1.82) is 0 Å². The van der Waals surface area contributed by atoms with Gasteiger partial charge in [0.15, 0.2) is 0 Å². The van der Waals surface area contributed by atoms with E-state index in [1.54, 1.807) is 18.2 Å². The Bertz CT molecular complexity index is 1010. The molecule has 28 heavy (non-hydrogen) atoms. The number of benzene rings is 2. The van der Waals surface area contributed by atoms with Crippen LogP contribution in [0.5, 0.6) is 0 Å². The van der Waals surface area contributed by atoms with Crippen LogP contribution in [0.15, 0.2) is 60.7 Å². The molecule has 2 amide bonds. The van der Waals surface area contributed by atoms with E-state index in [9.17, 15) is 9.59 Å². The summed E-state index contributed by atoms with van der Waals surface area (Å²) in [6.45, 7) is 1.54. The van der Waals surface area contributed by atoms with Crippen LogP contribution >= 0.6 is 0 Å². The first-order valence-electron chi connectivity index (χ1n) is 9.78. The van der Waals surface area contributed by atoms with Crippen molar-refractivity contribution < 1.29 is 9.59 Å². The van der Waals surface area contributed by atoms with Gasteiger partial charge in [0.1, 0.15) is 5.69 Å². The maximum absolute atomic E-state index is 13.0. The lowest BCUT2D eigenvalue weighted by Gasteiger charge is -2.22. The molecule has 0 aliphatic carbocycles. The minimum Gasteiger partial charge on any atom is -0.339 e. The Morgan fingerprint density at radius 2 is 1.54 bits per heavy atom. The van der Waals surface area contributed by atoms with Crippen molar-refractivity contribution in [3.05, 3.63) is 71.9 Å². The Kier molecular flexibility index (Phi) is 5.33. The molecule has 1 saturated heterocycles. The van der Waals surface area contributed by atoms with Crippen LogP contribution < -0.4 is 5.32 Å². The Balaban J connectivity index is 1.57. The molecule has 0 spiro atoms. The topological polar surface area (TPSA) is 62.3 Å². The molecule has 142 valence electrons. The van der Waals surface area contributed by atoms with Crippen molar-refractivity contribution in [3.8, 4) is 0 Å². The van der Waals surface area contributed by atoms with Gasteiger partial charge in [-0.1, -0.05) is 49.2 Å². The molecule has 1 aromatic heterocycles. The lowest BCUT2D eigenvalue weighted by molar-refractivity contribution is 0.0762. The number of anilines is 1. The second kappa shape index (κ2) is 8.21. The molecule has 1 N–H and O–H groups in total. The minimum atomic E-state index is -0.318.